The molecule has 0 saturated carbocycles. The molecule has 0 aromatic heterocycles. The van der Waals surface area contributed by atoms with Crippen LogP contribution < -0.4 is 10.6 Å². The molecule has 2 N–H and O–H groups in total. The van der Waals surface area contributed by atoms with Gasteiger partial charge in [0.25, 0.3) is 0 Å². The van der Waals surface area contributed by atoms with Crippen molar-refractivity contribution in [2.75, 3.05) is 46.0 Å². The molecule has 1 aromatic carbocycles. The second-order valence-corrected chi connectivity index (χ2v) is 9.49. The number of hydrogen-bond donors (Lipinski definition) is 2. The molecule has 152 valence electrons. The van der Waals surface area contributed by atoms with Crippen LogP contribution in [-0.4, -0.2) is 65.3 Å². The SMILES string of the molecule is CN=C(NCCCN1CCC(C)CC1)NCCc1ccc(S(C)(=O)=O)cc1. The summed E-state index contributed by atoms with van der Waals surface area (Å²) >= 11 is 0. The second-order valence-electron chi connectivity index (χ2n) is 7.47. The van der Waals surface area contributed by atoms with Crippen LogP contribution in [-0.2, 0) is 16.3 Å². The van der Waals surface area contributed by atoms with Crippen molar-refractivity contribution >= 4 is 15.8 Å². The van der Waals surface area contributed by atoms with Gasteiger partial charge in [-0.15, -0.1) is 0 Å². The molecule has 7 heteroatoms. The predicted octanol–water partition coefficient (Wildman–Crippen LogP) is 1.92. The molecule has 0 radical (unpaired) electrons. The Bertz CT molecular complexity index is 693. The molecule has 0 bridgehead atoms. The predicted molar refractivity (Wildman–Crippen MR) is 112 cm³/mol. The fraction of sp³-hybridized carbons (Fsp3) is 0.650. The van der Waals surface area contributed by atoms with Gasteiger partial charge in [0.15, 0.2) is 15.8 Å². The van der Waals surface area contributed by atoms with Gasteiger partial charge in [0.1, 0.15) is 0 Å². The van der Waals surface area contributed by atoms with Crippen molar-refractivity contribution in [3.8, 4) is 0 Å². The van der Waals surface area contributed by atoms with Crippen molar-refractivity contribution in [3.05, 3.63) is 29.8 Å². The fourth-order valence-electron chi connectivity index (χ4n) is 3.24. The number of aliphatic imine (C=N–C) groups is 1. The molecule has 6 nitrogen and oxygen atoms in total. The lowest BCUT2D eigenvalue weighted by Crippen LogP contribution is -2.40. The standard InChI is InChI=1S/C20H34N4O2S/c1-17-10-15-24(16-11-17)14-4-12-22-20(21-2)23-13-9-18-5-7-19(8-6-18)27(3,25)26/h5-8,17H,4,9-16H2,1-3H3,(H2,21,22,23). The van der Waals surface area contributed by atoms with E-state index in [9.17, 15) is 8.42 Å². The number of sulfone groups is 1. The summed E-state index contributed by atoms with van der Waals surface area (Å²) in [5.74, 6) is 1.69. The summed E-state index contributed by atoms with van der Waals surface area (Å²) in [5, 5.41) is 6.68. The highest BCUT2D eigenvalue weighted by atomic mass is 32.2. The van der Waals surface area contributed by atoms with Crippen molar-refractivity contribution in [2.24, 2.45) is 10.9 Å². The van der Waals surface area contributed by atoms with Gasteiger partial charge in [-0.2, -0.15) is 0 Å². The normalized spacial score (nSPS) is 17.1. The van der Waals surface area contributed by atoms with Crippen molar-refractivity contribution in [2.45, 2.75) is 37.5 Å². The number of nitrogens with zero attached hydrogens (tertiary/aromatic N) is 2. The largest absolute Gasteiger partial charge is 0.356 e. The van der Waals surface area contributed by atoms with E-state index < -0.39 is 9.84 Å². The fourth-order valence-corrected chi connectivity index (χ4v) is 3.87. The second kappa shape index (κ2) is 10.7. The zero-order chi connectivity index (χ0) is 19.7. The van der Waals surface area contributed by atoms with Gasteiger partial charge in [0.05, 0.1) is 4.90 Å². The van der Waals surface area contributed by atoms with Crippen molar-refractivity contribution in [1.82, 2.24) is 15.5 Å². The maximum atomic E-state index is 11.5. The molecule has 1 fully saturated rings. The molecule has 1 heterocycles. The maximum absolute atomic E-state index is 11.5. The summed E-state index contributed by atoms with van der Waals surface area (Å²) < 4.78 is 23.0. The van der Waals surface area contributed by atoms with Crippen LogP contribution in [0, 0.1) is 5.92 Å². The van der Waals surface area contributed by atoms with E-state index in [4.69, 9.17) is 0 Å². The van der Waals surface area contributed by atoms with Gasteiger partial charge in [-0.3, -0.25) is 4.99 Å². The van der Waals surface area contributed by atoms with Gasteiger partial charge in [-0.25, -0.2) is 8.42 Å². The Balaban J connectivity index is 1.62. The molecule has 27 heavy (non-hydrogen) atoms. The number of benzene rings is 1. The molecule has 2 rings (SSSR count). The first-order valence-electron chi connectivity index (χ1n) is 9.84. The number of hydrogen-bond acceptors (Lipinski definition) is 4. The molecule has 1 saturated heterocycles. The van der Waals surface area contributed by atoms with E-state index in [0.717, 1.165) is 49.9 Å². The number of guanidine groups is 1. The van der Waals surface area contributed by atoms with E-state index in [1.807, 2.05) is 12.1 Å². The van der Waals surface area contributed by atoms with E-state index in [0.29, 0.717) is 4.90 Å². The third-order valence-electron chi connectivity index (χ3n) is 5.10. The Morgan fingerprint density at radius 3 is 2.37 bits per heavy atom. The van der Waals surface area contributed by atoms with E-state index in [1.165, 1.54) is 32.2 Å². The first kappa shape index (κ1) is 21.7. The number of rotatable bonds is 8. The molecular weight excluding hydrogens is 360 g/mol. The number of likely N-dealkylation sites (tertiary alicyclic amines) is 1. The molecule has 0 aliphatic carbocycles. The average molecular weight is 395 g/mol. The van der Waals surface area contributed by atoms with Crippen molar-refractivity contribution < 1.29 is 8.42 Å². The molecule has 1 aromatic rings. The lowest BCUT2D eigenvalue weighted by Gasteiger charge is -2.30. The van der Waals surface area contributed by atoms with Crippen LogP contribution in [0.5, 0.6) is 0 Å². The quantitative estimate of drug-likeness (QED) is 0.400. The number of nitrogens with one attached hydrogen (secondary N) is 2. The zero-order valence-corrected chi connectivity index (χ0v) is 17.7. The molecule has 0 spiro atoms. The highest BCUT2D eigenvalue weighted by molar-refractivity contribution is 7.90. The smallest absolute Gasteiger partial charge is 0.190 e. The van der Waals surface area contributed by atoms with Crippen LogP contribution in [0.3, 0.4) is 0 Å². The Labute approximate surface area is 164 Å². The summed E-state index contributed by atoms with van der Waals surface area (Å²) in [5.41, 5.74) is 1.10. The van der Waals surface area contributed by atoms with Gasteiger partial charge in [-0.1, -0.05) is 19.1 Å². The molecule has 0 atom stereocenters. The molecule has 1 aliphatic heterocycles. The van der Waals surface area contributed by atoms with Gasteiger partial charge >= 0.3 is 0 Å². The van der Waals surface area contributed by atoms with Crippen molar-refractivity contribution in [3.63, 3.8) is 0 Å². The summed E-state index contributed by atoms with van der Waals surface area (Å²) in [4.78, 5) is 7.18. The highest BCUT2D eigenvalue weighted by Crippen LogP contribution is 2.15. The van der Waals surface area contributed by atoms with Gasteiger partial charge < -0.3 is 15.5 Å². The minimum atomic E-state index is -3.13. The third-order valence-corrected chi connectivity index (χ3v) is 6.23. The van der Waals surface area contributed by atoms with Crippen LogP contribution in [0.1, 0.15) is 31.7 Å². The highest BCUT2D eigenvalue weighted by Gasteiger charge is 2.14. The molecule has 0 unspecified atom stereocenters. The summed E-state index contributed by atoms with van der Waals surface area (Å²) in [6.07, 6.45) is 5.80. The van der Waals surface area contributed by atoms with Crippen LogP contribution in [0.15, 0.2) is 34.2 Å². The molecular formula is C20H34N4O2S. The topological polar surface area (TPSA) is 73.8 Å². The lowest BCUT2D eigenvalue weighted by molar-refractivity contribution is 0.191. The van der Waals surface area contributed by atoms with Gasteiger partial charge in [-0.05, 0) is 68.9 Å². The zero-order valence-electron chi connectivity index (χ0n) is 16.9. The minimum Gasteiger partial charge on any atom is -0.356 e. The first-order chi connectivity index (χ1) is 12.9. The van der Waals surface area contributed by atoms with Crippen LogP contribution in [0.4, 0.5) is 0 Å². The average Bonchev–Trinajstić information content (AvgIpc) is 2.65. The Hall–Kier alpha value is -1.60. The van der Waals surface area contributed by atoms with E-state index in [-0.39, 0.29) is 0 Å². The van der Waals surface area contributed by atoms with E-state index in [2.05, 4.69) is 27.4 Å². The monoisotopic (exact) mass is 394 g/mol. The summed E-state index contributed by atoms with van der Waals surface area (Å²) in [6.45, 7) is 7.60. The molecule has 0 amide bonds. The van der Waals surface area contributed by atoms with Gasteiger partial charge in [0, 0.05) is 26.4 Å². The van der Waals surface area contributed by atoms with E-state index in [1.54, 1.807) is 19.2 Å². The van der Waals surface area contributed by atoms with Crippen LogP contribution in [0.25, 0.3) is 0 Å². The first-order valence-corrected chi connectivity index (χ1v) is 11.7. The van der Waals surface area contributed by atoms with E-state index >= 15 is 0 Å². The maximum Gasteiger partial charge on any atom is 0.190 e. The third kappa shape index (κ3) is 7.89. The molecule has 1 aliphatic rings. The van der Waals surface area contributed by atoms with Crippen LogP contribution >= 0.6 is 0 Å². The number of piperidine rings is 1. The summed E-state index contributed by atoms with van der Waals surface area (Å²) in [6, 6.07) is 7.07. The minimum absolute atomic E-state index is 0.361. The van der Waals surface area contributed by atoms with Crippen LogP contribution in [0.2, 0.25) is 0 Å². The van der Waals surface area contributed by atoms with Crippen molar-refractivity contribution in [1.29, 1.82) is 0 Å². The lowest BCUT2D eigenvalue weighted by atomic mass is 9.99. The summed E-state index contributed by atoms with van der Waals surface area (Å²) in [7, 11) is -1.35. The Morgan fingerprint density at radius 2 is 1.78 bits per heavy atom. The Morgan fingerprint density at radius 1 is 1.15 bits per heavy atom. The van der Waals surface area contributed by atoms with Gasteiger partial charge in [0.2, 0.25) is 0 Å². The Kier molecular flexibility index (Phi) is 8.57.